The van der Waals surface area contributed by atoms with Gasteiger partial charge in [-0.25, -0.2) is 0 Å². The molecular weight excluding hydrogens is 202 g/mol. The van der Waals surface area contributed by atoms with Gasteiger partial charge in [0.05, 0.1) is 12.6 Å². The molecule has 86 valence electrons. The van der Waals surface area contributed by atoms with Crippen molar-refractivity contribution in [2.24, 2.45) is 0 Å². The summed E-state index contributed by atoms with van der Waals surface area (Å²) in [6, 6.07) is 8.18. The first kappa shape index (κ1) is 11.2. The van der Waals surface area contributed by atoms with Gasteiger partial charge in [0, 0.05) is 11.9 Å². The fraction of sp³-hybridized carbons (Fsp3) is 0.385. The summed E-state index contributed by atoms with van der Waals surface area (Å²) in [6.45, 7) is 5.06. The molecule has 1 heterocycles. The van der Waals surface area contributed by atoms with Crippen LogP contribution in [0.15, 0.2) is 28.7 Å². The highest BCUT2D eigenvalue weighted by atomic mass is 16.3. The van der Waals surface area contributed by atoms with Crippen LogP contribution in [0.25, 0.3) is 11.0 Å². The summed E-state index contributed by atoms with van der Waals surface area (Å²) in [6.07, 6.45) is -0.327. The van der Waals surface area contributed by atoms with Gasteiger partial charge in [-0.15, -0.1) is 0 Å². The van der Waals surface area contributed by atoms with E-state index < -0.39 is 0 Å². The molecule has 1 atom stereocenters. The predicted molar refractivity (Wildman–Crippen MR) is 64.3 cm³/mol. The quantitative estimate of drug-likeness (QED) is 0.828. The number of aliphatic hydroxyl groups excluding tert-OH is 1. The summed E-state index contributed by atoms with van der Waals surface area (Å²) in [5.74, 6) is 0.904. The third-order valence-corrected chi connectivity index (χ3v) is 2.46. The first-order chi connectivity index (χ1) is 7.65. The second-order valence-electron chi connectivity index (χ2n) is 4.23. The molecule has 1 aromatic heterocycles. The maximum absolute atomic E-state index is 9.11. The first-order valence-electron chi connectivity index (χ1n) is 5.53. The normalized spacial score (nSPS) is 13.2. The maximum atomic E-state index is 9.11. The lowest BCUT2D eigenvalue weighted by Gasteiger charge is -2.03. The third kappa shape index (κ3) is 2.62. The Morgan fingerprint density at radius 2 is 2.19 bits per heavy atom. The number of benzene rings is 1. The van der Waals surface area contributed by atoms with Gasteiger partial charge < -0.3 is 14.8 Å². The Balaban J connectivity index is 2.08. The Kier molecular flexibility index (Phi) is 3.27. The van der Waals surface area contributed by atoms with Crippen LogP contribution in [0.3, 0.4) is 0 Å². The number of fused-ring (bicyclic) bond motifs is 1. The molecule has 0 aliphatic carbocycles. The monoisotopic (exact) mass is 219 g/mol. The van der Waals surface area contributed by atoms with E-state index in [9.17, 15) is 0 Å². The van der Waals surface area contributed by atoms with Crippen LogP contribution >= 0.6 is 0 Å². The molecule has 0 saturated heterocycles. The molecule has 1 aromatic carbocycles. The van der Waals surface area contributed by atoms with Gasteiger partial charge in [-0.05, 0) is 32.0 Å². The van der Waals surface area contributed by atoms with Crippen LogP contribution in [0.5, 0.6) is 0 Å². The number of hydrogen-bond acceptors (Lipinski definition) is 3. The Labute approximate surface area is 95.1 Å². The van der Waals surface area contributed by atoms with E-state index in [1.54, 1.807) is 6.92 Å². The standard InChI is InChI=1S/C13H17NO2/c1-9-3-4-13-11(5-9)6-12(16-13)8-14-7-10(2)15/h3-6,10,14-15H,7-8H2,1-2H3. The van der Waals surface area contributed by atoms with Crippen molar-refractivity contribution in [2.75, 3.05) is 6.54 Å². The van der Waals surface area contributed by atoms with Crippen LogP contribution < -0.4 is 5.32 Å². The molecule has 2 N–H and O–H groups in total. The summed E-state index contributed by atoms with van der Waals surface area (Å²) in [7, 11) is 0. The summed E-state index contributed by atoms with van der Waals surface area (Å²) < 4.78 is 5.66. The summed E-state index contributed by atoms with van der Waals surface area (Å²) in [5, 5.41) is 13.4. The SMILES string of the molecule is Cc1ccc2oc(CNCC(C)O)cc2c1. The van der Waals surface area contributed by atoms with Gasteiger partial charge in [0.1, 0.15) is 11.3 Å². The van der Waals surface area contributed by atoms with Crippen molar-refractivity contribution in [3.8, 4) is 0 Å². The Hall–Kier alpha value is -1.32. The van der Waals surface area contributed by atoms with Crippen LogP contribution in [-0.2, 0) is 6.54 Å². The van der Waals surface area contributed by atoms with E-state index >= 15 is 0 Å². The van der Waals surface area contributed by atoms with Crippen LogP contribution in [0.2, 0.25) is 0 Å². The molecule has 0 aliphatic heterocycles. The highest BCUT2D eigenvalue weighted by Gasteiger charge is 2.03. The minimum atomic E-state index is -0.327. The molecule has 0 spiro atoms. The van der Waals surface area contributed by atoms with Gasteiger partial charge in [0.25, 0.3) is 0 Å². The molecule has 1 unspecified atom stereocenters. The largest absolute Gasteiger partial charge is 0.460 e. The average molecular weight is 219 g/mol. The lowest BCUT2D eigenvalue weighted by Crippen LogP contribution is -2.23. The Bertz CT molecular complexity index is 474. The summed E-state index contributed by atoms with van der Waals surface area (Å²) in [4.78, 5) is 0. The van der Waals surface area contributed by atoms with Crippen molar-refractivity contribution in [1.82, 2.24) is 5.32 Å². The van der Waals surface area contributed by atoms with Crippen molar-refractivity contribution in [1.29, 1.82) is 0 Å². The van der Waals surface area contributed by atoms with Gasteiger partial charge in [-0.1, -0.05) is 11.6 Å². The number of nitrogens with one attached hydrogen (secondary N) is 1. The molecule has 0 aliphatic rings. The number of furan rings is 1. The fourth-order valence-corrected chi connectivity index (χ4v) is 1.71. The summed E-state index contributed by atoms with van der Waals surface area (Å²) >= 11 is 0. The second-order valence-corrected chi connectivity index (χ2v) is 4.23. The average Bonchev–Trinajstić information content (AvgIpc) is 2.58. The van der Waals surface area contributed by atoms with E-state index in [2.05, 4.69) is 18.3 Å². The van der Waals surface area contributed by atoms with Crippen LogP contribution in [0, 0.1) is 6.92 Å². The van der Waals surface area contributed by atoms with Crippen LogP contribution in [0.1, 0.15) is 18.2 Å². The van der Waals surface area contributed by atoms with Gasteiger partial charge in [-0.3, -0.25) is 0 Å². The number of aliphatic hydroxyl groups is 1. The minimum absolute atomic E-state index is 0.327. The van der Waals surface area contributed by atoms with Gasteiger partial charge in [0.2, 0.25) is 0 Å². The number of aryl methyl sites for hydroxylation is 1. The zero-order chi connectivity index (χ0) is 11.5. The predicted octanol–water partition coefficient (Wildman–Crippen LogP) is 2.21. The van der Waals surface area contributed by atoms with Crippen LogP contribution in [0.4, 0.5) is 0 Å². The number of hydrogen-bond donors (Lipinski definition) is 2. The van der Waals surface area contributed by atoms with E-state index in [1.165, 1.54) is 5.56 Å². The molecule has 0 radical (unpaired) electrons. The molecular formula is C13H17NO2. The lowest BCUT2D eigenvalue weighted by atomic mass is 10.2. The molecule has 2 aromatic rings. The third-order valence-electron chi connectivity index (χ3n) is 2.46. The molecule has 16 heavy (non-hydrogen) atoms. The topological polar surface area (TPSA) is 45.4 Å². The Morgan fingerprint density at radius 3 is 2.94 bits per heavy atom. The number of rotatable bonds is 4. The molecule has 0 amide bonds. The molecule has 0 fully saturated rings. The van der Waals surface area contributed by atoms with E-state index in [0.29, 0.717) is 13.1 Å². The van der Waals surface area contributed by atoms with Crippen molar-refractivity contribution in [3.05, 3.63) is 35.6 Å². The maximum Gasteiger partial charge on any atom is 0.134 e. The fourth-order valence-electron chi connectivity index (χ4n) is 1.71. The van der Waals surface area contributed by atoms with E-state index in [4.69, 9.17) is 9.52 Å². The molecule has 3 nitrogen and oxygen atoms in total. The van der Waals surface area contributed by atoms with E-state index in [0.717, 1.165) is 16.7 Å². The van der Waals surface area contributed by atoms with Crippen molar-refractivity contribution in [3.63, 3.8) is 0 Å². The highest BCUT2D eigenvalue weighted by molar-refractivity contribution is 5.78. The van der Waals surface area contributed by atoms with Crippen molar-refractivity contribution < 1.29 is 9.52 Å². The first-order valence-corrected chi connectivity index (χ1v) is 5.53. The molecule has 0 bridgehead atoms. The summed E-state index contributed by atoms with van der Waals surface area (Å²) in [5.41, 5.74) is 2.15. The van der Waals surface area contributed by atoms with E-state index in [-0.39, 0.29) is 6.10 Å². The molecule has 3 heteroatoms. The smallest absolute Gasteiger partial charge is 0.134 e. The molecule has 2 rings (SSSR count). The zero-order valence-corrected chi connectivity index (χ0v) is 9.66. The minimum Gasteiger partial charge on any atom is -0.460 e. The molecule has 0 saturated carbocycles. The van der Waals surface area contributed by atoms with Gasteiger partial charge in [0.15, 0.2) is 0 Å². The Morgan fingerprint density at radius 1 is 1.38 bits per heavy atom. The lowest BCUT2D eigenvalue weighted by molar-refractivity contribution is 0.190. The van der Waals surface area contributed by atoms with Crippen molar-refractivity contribution >= 4 is 11.0 Å². The van der Waals surface area contributed by atoms with Crippen LogP contribution in [-0.4, -0.2) is 17.8 Å². The van der Waals surface area contributed by atoms with Gasteiger partial charge >= 0.3 is 0 Å². The second kappa shape index (κ2) is 4.68. The van der Waals surface area contributed by atoms with Crippen molar-refractivity contribution in [2.45, 2.75) is 26.5 Å². The zero-order valence-electron chi connectivity index (χ0n) is 9.66. The highest BCUT2D eigenvalue weighted by Crippen LogP contribution is 2.20. The van der Waals surface area contributed by atoms with E-state index in [1.807, 2.05) is 18.2 Å². The van der Waals surface area contributed by atoms with Gasteiger partial charge in [-0.2, -0.15) is 0 Å².